The van der Waals surface area contributed by atoms with Gasteiger partial charge in [0.2, 0.25) is 5.91 Å². The van der Waals surface area contributed by atoms with Crippen LogP contribution in [-0.4, -0.2) is 118 Å². The summed E-state index contributed by atoms with van der Waals surface area (Å²) in [5, 5.41) is 42.5. The van der Waals surface area contributed by atoms with Crippen molar-refractivity contribution in [1.29, 1.82) is 0 Å². The first-order valence-electron chi connectivity index (χ1n) is 21.6. The Morgan fingerprint density at radius 1 is 0.746 bits per heavy atom. The summed E-state index contributed by atoms with van der Waals surface area (Å²) in [6.45, 7) is 11.3. The third-order valence-electron chi connectivity index (χ3n) is 12.2. The molecule has 4 heterocycles. The number of nitrogen functional groups attached to an aromatic ring is 1. The number of aliphatic hydroxyl groups excluding tert-OH is 4. The van der Waals surface area contributed by atoms with Gasteiger partial charge in [0, 0.05) is 19.3 Å². The van der Waals surface area contributed by atoms with E-state index in [1.54, 1.807) is 14.2 Å². The quantitative estimate of drug-likeness (QED) is 0.0689. The highest BCUT2D eigenvalue weighted by molar-refractivity contribution is 6.74. The van der Waals surface area contributed by atoms with Gasteiger partial charge in [0.15, 0.2) is 20.8 Å². The van der Waals surface area contributed by atoms with E-state index in [2.05, 4.69) is 49.1 Å². The van der Waals surface area contributed by atoms with Crippen LogP contribution in [-0.2, 0) is 29.0 Å². The van der Waals surface area contributed by atoms with Crippen molar-refractivity contribution in [3.05, 3.63) is 141 Å². The molecule has 2 fully saturated rings. The lowest BCUT2D eigenvalue weighted by Gasteiger charge is -2.40. The van der Waals surface area contributed by atoms with E-state index in [-0.39, 0.29) is 29.2 Å². The SMILES string of the molecule is COc1ccc(C(OC[C@H]2O[C@@H](n3ccc(NC(C)=O)nc3=O)[C@H](O[Si](C)(C)C(C)(C)C)[C@@H]2O)(c2ccccc2)c2ccc(OC)cc2)cc1.Nc1ccn([C@@H]2O[C@H](CO)[C@@H](O)[C@H]2O)c(=O)n1. The third-order valence-corrected chi connectivity index (χ3v) is 16.7. The Kier molecular flexibility index (Phi) is 15.9. The molecule has 0 unspecified atom stereocenters. The first-order valence-corrected chi connectivity index (χ1v) is 24.5. The molecule has 0 spiro atoms. The molecule has 2 aliphatic rings. The zero-order chi connectivity index (χ0) is 48.8. The summed E-state index contributed by atoms with van der Waals surface area (Å²) in [7, 11) is 0.733. The van der Waals surface area contributed by atoms with E-state index in [0.29, 0.717) is 11.5 Å². The number of nitrogens with two attached hydrogens (primary N) is 1. The third kappa shape index (κ3) is 11.0. The number of benzene rings is 3. The Bertz CT molecular complexity index is 2510. The molecule has 8 atom stereocenters. The molecule has 7 rings (SSSR count). The summed E-state index contributed by atoms with van der Waals surface area (Å²) in [5.41, 5.74) is 5.31. The van der Waals surface area contributed by atoms with E-state index < -0.39 is 81.0 Å². The molecule has 1 amide bonds. The summed E-state index contributed by atoms with van der Waals surface area (Å²) < 4.78 is 38.8. The molecule has 67 heavy (non-hydrogen) atoms. The van der Waals surface area contributed by atoms with Gasteiger partial charge in [0.1, 0.15) is 65.4 Å². The first-order chi connectivity index (χ1) is 31.7. The Morgan fingerprint density at radius 3 is 1.76 bits per heavy atom. The van der Waals surface area contributed by atoms with Gasteiger partial charge in [-0.1, -0.05) is 75.4 Å². The van der Waals surface area contributed by atoms with Crippen LogP contribution in [0, 0.1) is 0 Å². The molecule has 7 N–H and O–H groups in total. The standard InChI is InChI=1S/C38H47N3O8Si.C9H13N3O5/c1-25(42)39-32-22-23-41(36(44)40-32)35-34(49-50(7,8)37(2,3)4)33(43)31(48-35)24-47-38(26-12-10-9-11-13-26,27-14-18-29(45-5)19-15-27)28-16-20-30(46-6)21-17-28;10-5-1-2-12(9(16)11-5)8-7(15)6(14)4(3-13)17-8/h9-23,31,33-35,43H,24H2,1-8H3,(H,39,40,42,44);1-2,4,6-8,13-15H,3H2,(H2,10,11,16)/t31-,33-,34-,35-;4-,6-,7-,8-/m11/s1. The monoisotopic (exact) mass is 944 g/mol. The van der Waals surface area contributed by atoms with Gasteiger partial charge in [0.05, 0.1) is 27.4 Å². The van der Waals surface area contributed by atoms with Gasteiger partial charge in [-0.3, -0.25) is 13.9 Å². The Morgan fingerprint density at radius 2 is 1.27 bits per heavy atom. The van der Waals surface area contributed by atoms with Gasteiger partial charge in [-0.25, -0.2) is 9.59 Å². The maximum atomic E-state index is 13.3. The van der Waals surface area contributed by atoms with Gasteiger partial charge >= 0.3 is 11.4 Å². The Labute approximate surface area is 388 Å². The number of rotatable bonds is 14. The predicted octanol–water partition coefficient (Wildman–Crippen LogP) is 3.31. The van der Waals surface area contributed by atoms with Crippen LogP contribution in [0.4, 0.5) is 11.6 Å². The fourth-order valence-electron chi connectivity index (χ4n) is 7.59. The summed E-state index contributed by atoms with van der Waals surface area (Å²) >= 11 is 0. The fraction of sp³-hybridized carbons (Fsp3) is 0.426. The second kappa shape index (κ2) is 21.0. The lowest BCUT2D eigenvalue weighted by molar-refractivity contribution is -0.114. The van der Waals surface area contributed by atoms with E-state index in [9.17, 15) is 29.7 Å². The van der Waals surface area contributed by atoms with E-state index in [1.165, 1.54) is 36.0 Å². The number of hydrogen-bond acceptors (Lipinski definition) is 16. The number of hydrogen-bond donors (Lipinski definition) is 6. The van der Waals surface area contributed by atoms with Crippen molar-refractivity contribution in [1.82, 2.24) is 19.1 Å². The molecule has 0 radical (unpaired) electrons. The molecule has 20 heteroatoms. The van der Waals surface area contributed by atoms with Crippen molar-refractivity contribution in [3.8, 4) is 11.5 Å². The van der Waals surface area contributed by atoms with Crippen molar-refractivity contribution in [3.63, 3.8) is 0 Å². The van der Waals surface area contributed by atoms with Crippen LogP contribution in [0.15, 0.2) is 113 Å². The number of amides is 1. The zero-order valence-corrected chi connectivity index (χ0v) is 39.7. The van der Waals surface area contributed by atoms with Crippen LogP contribution < -0.4 is 31.9 Å². The highest BCUT2D eigenvalue weighted by atomic mass is 28.4. The van der Waals surface area contributed by atoms with E-state index in [1.807, 2.05) is 78.9 Å². The van der Waals surface area contributed by atoms with Gasteiger partial charge in [-0.05, 0) is 71.2 Å². The predicted molar refractivity (Wildman–Crippen MR) is 249 cm³/mol. The molecule has 0 saturated carbocycles. The van der Waals surface area contributed by atoms with Crippen LogP contribution in [0.3, 0.4) is 0 Å². The average molecular weight is 945 g/mol. The molecule has 5 aromatic rings. The summed E-state index contributed by atoms with van der Waals surface area (Å²) in [6, 6.07) is 28.0. The van der Waals surface area contributed by atoms with Crippen LogP contribution in [0.25, 0.3) is 0 Å². The number of ether oxygens (including phenoxy) is 5. The summed E-state index contributed by atoms with van der Waals surface area (Å²) in [5.74, 6) is 1.20. The normalized spacial score (nSPS) is 23.0. The largest absolute Gasteiger partial charge is 0.497 e. The Hall–Kier alpha value is -5.81. The number of carbonyl (C=O) groups excluding carboxylic acids is 1. The van der Waals surface area contributed by atoms with E-state index >= 15 is 0 Å². The van der Waals surface area contributed by atoms with Crippen molar-refractivity contribution < 1.29 is 53.3 Å². The molecule has 0 bridgehead atoms. The summed E-state index contributed by atoms with van der Waals surface area (Å²) in [4.78, 5) is 44.0. The number of methoxy groups -OCH3 is 2. The van der Waals surface area contributed by atoms with Gasteiger partial charge in [-0.2, -0.15) is 9.97 Å². The maximum absolute atomic E-state index is 13.3. The number of carbonyl (C=O) groups is 1. The minimum absolute atomic E-state index is 0.0537. The second-order valence-electron chi connectivity index (χ2n) is 17.7. The molecular formula is C47H60N6O13Si. The summed E-state index contributed by atoms with van der Waals surface area (Å²) in [6.07, 6.45) is -5.78. The lowest BCUT2D eigenvalue weighted by atomic mass is 9.80. The van der Waals surface area contributed by atoms with Crippen LogP contribution >= 0.6 is 0 Å². The highest BCUT2D eigenvalue weighted by Crippen LogP contribution is 2.45. The topological polar surface area (TPSA) is 261 Å². The van der Waals surface area contributed by atoms with Crippen molar-refractivity contribution in [2.45, 2.75) is 101 Å². The molecule has 19 nitrogen and oxygen atoms in total. The maximum Gasteiger partial charge on any atom is 0.351 e. The molecule has 2 aromatic heterocycles. The van der Waals surface area contributed by atoms with Gasteiger partial charge in [-0.15, -0.1) is 0 Å². The van der Waals surface area contributed by atoms with Crippen LogP contribution in [0.5, 0.6) is 11.5 Å². The van der Waals surface area contributed by atoms with Crippen molar-refractivity contribution in [2.24, 2.45) is 0 Å². The minimum atomic E-state index is -2.50. The van der Waals surface area contributed by atoms with Gasteiger partial charge in [0.25, 0.3) is 0 Å². The van der Waals surface area contributed by atoms with E-state index in [4.69, 9.17) is 39.0 Å². The molecule has 3 aromatic carbocycles. The number of aliphatic hydroxyl groups is 4. The number of nitrogens with one attached hydrogen (secondary N) is 1. The minimum Gasteiger partial charge on any atom is -0.497 e. The molecule has 2 aliphatic heterocycles. The zero-order valence-electron chi connectivity index (χ0n) is 38.7. The number of anilines is 2. The molecule has 360 valence electrons. The van der Waals surface area contributed by atoms with Crippen LogP contribution in [0.2, 0.25) is 18.1 Å². The Balaban J connectivity index is 0.000000364. The second-order valence-corrected chi connectivity index (χ2v) is 22.4. The van der Waals surface area contributed by atoms with E-state index in [0.717, 1.165) is 21.3 Å². The van der Waals surface area contributed by atoms with Crippen molar-refractivity contribution >= 4 is 25.9 Å². The fourth-order valence-corrected chi connectivity index (χ4v) is 8.88. The number of nitrogens with zero attached hydrogens (tertiary/aromatic N) is 4. The number of aromatic nitrogens is 4. The highest BCUT2D eigenvalue weighted by Gasteiger charge is 2.52. The molecule has 0 aliphatic carbocycles. The molecule has 2 saturated heterocycles. The smallest absolute Gasteiger partial charge is 0.351 e. The molecular weight excluding hydrogens is 885 g/mol. The first kappa shape index (κ1) is 50.6. The lowest BCUT2D eigenvalue weighted by Crippen LogP contribution is -2.49. The average Bonchev–Trinajstić information content (AvgIpc) is 3.76. The van der Waals surface area contributed by atoms with Crippen LogP contribution in [0.1, 0.15) is 56.8 Å². The van der Waals surface area contributed by atoms with Gasteiger partial charge < -0.3 is 59.6 Å². The van der Waals surface area contributed by atoms with Crippen molar-refractivity contribution in [2.75, 3.05) is 38.5 Å².